The summed E-state index contributed by atoms with van der Waals surface area (Å²) in [6, 6.07) is 4.13. The van der Waals surface area contributed by atoms with Gasteiger partial charge in [0.1, 0.15) is 23.1 Å². The molecule has 0 amide bonds. The fourth-order valence-electron chi connectivity index (χ4n) is 1.50. The molecule has 2 rings (SSSR count). The van der Waals surface area contributed by atoms with Crippen LogP contribution in [0.1, 0.15) is 5.56 Å². The minimum absolute atomic E-state index is 0.0959. The summed E-state index contributed by atoms with van der Waals surface area (Å²) in [5, 5.41) is 0. The minimum Gasteiger partial charge on any atom is -0.488 e. The van der Waals surface area contributed by atoms with Crippen LogP contribution in [0.5, 0.6) is 5.75 Å². The van der Waals surface area contributed by atoms with Crippen molar-refractivity contribution in [1.82, 2.24) is 0 Å². The molecule has 0 bridgehead atoms. The maximum atomic E-state index is 12.5. The zero-order valence-electron chi connectivity index (χ0n) is 9.89. The summed E-state index contributed by atoms with van der Waals surface area (Å²) in [6.07, 6.45) is -3.39. The van der Waals surface area contributed by atoms with E-state index in [-0.39, 0.29) is 16.5 Å². The van der Waals surface area contributed by atoms with Crippen molar-refractivity contribution >= 4 is 15.9 Å². The Balaban J connectivity index is 2.12. The Labute approximate surface area is 112 Å². The van der Waals surface area contributed by atoms with E-state index in [9.17, 15) is 21.6 Å². The molecule has 0 radical (unpaired) electrons. The maximum absolute atomic E-state index is 12.5. The van der Waals surface area contributed by atoms with Crippen LogP contribution in [0.4, 0.5) is 13.2 Å². The van der Waals surface area contributed by atoms with Gasteiger partial charge in [0.25, 0.3) is 10.0 Å². The Morgan fingerprint density at radius 3 is 2.55 bits per heavy atom. The molecule has 1 heterocycles. The van der Waals surface area contributed by atoms with E-state index >= 15 is 0 Å². The highest BCUT2D eigenvalue weighted by molar-refractivity contribution is 7.94. The van der Waals surface area contributed by atoms with Crippen LogP contribution >= 0.6 is 0 Å². The number of ether oxygens (including phenoxy) is 1. The normalized spacial score (nSPS) is 17.6. The van der Waals surface area contributed by atoms with Gasteiger partial charge in [0.2, 0.25) is 0 Å². The lowest BCUT2D eigenvalue weighted by atomic mass is 10.2. The predicted octanol–water partition coefficient (Wildman–Crippen LogP) is 1.67. The topological polar surface area (TPSA) is 81.8 Å². The number of nitrogens with two attached hydrogens (primary N) is 1. The van der Waals surface area contributed by atoms with E-state index in [1.165, 1.54) is 12.1 Å². The highest BCUT2D eigenvalue weighted by Crippen LogP contribution is 2.31. The van der Waals surface area contributed by atoms with Gasteiger partial charge in [-0.25, -0.2) is 0 Å². The molecule has 0 spiro atoms. The molecule has 0 atom stereocenters. The molecule has 0 saturated carbocycles. The van der Waals surface area contributed by atoms with Crippen LogP contribution in [0.3, 0.4) is 0 Å². The number of alkyl halides is 3. The van der Waals surface area contributed by atoms with E-state index in [4.69, 9.17) is 10.5 Å². The number of sulfonamides is 1. The fourth-order valence-corrected chi connectivity index (χ4v) is 2.42. The number of amidine groups is 1. The maximum Gasteiger partial charge on any atom is 0.416 e. The van der Waals surface area contributed by atoms with Crippen molar-refractivity contribution < 1.29 is 26.3 Å². The smallest absolute Gasteiger partial charge is 0.416 e. The second kappa shape index (κ2) is 4.82. The Bertz CT molecular complexity index is 693. The second-order valence-corrected chi connectivity index (χ2v) is 5.57. The number of hydrogen-bond donors (Lipinski definition) is 1. The summed E-state index contributed by atoms with van der Waals surface area (Å²) >= 11 is 0. The second-order valence-electron chi connectivity index (χ2n) is 3.92. The highest BCUT2D eigenvalue weighted by Gasteiger charge is 2.31. The minimum atomic E-state index is -4.49. The summed E-state index contributed by atoms with van der Waals surface area (Å²) in [4.78, 5) is -0.201. The highest BCUT2D eigenvalue weighted by atomic mass is 32.2. The number of halogens is 3. The molecule has 0 fully saturated rings. The van der Waals surface area contributed by atoms with Crippen LogP contribution in [0, 0.1) is 0 Å². The quantitative estimate of drug-likeness (QED) is 0.921. The predicted molar refractivity (Wildman–Crippen MR) is 65.6 cm³/mol. The van der Waals surface area contributed by atoms with Crippen molar-refractivity contribution in [3.63, 3.8) is 0 Å². The van der Waals surface area contributed by atoms with E-state index in [0.717, 1.165) is 18.2 Å². The van der Waals surface area contributed by atoms with Crippen LogP contribution < -0.4 is 10.5 Å². The average Bonchev–Trinajstić information content (AvgIpc) is 2.58. The van der Waals surface area contributed by atoms with Crippen LogP contribution in [0.25, 0.3) is 0 Å². The lowest BCUT2D eigenvalue weighted by Gasteiger charge is -2.10. The first-order valence-corrected chi connectivity index (χ1v) is 6.73. The van der Waals surface area contributed by atoms with E-state index in [2.05, 4.69) is 4.40 Å². The molecule has 0 unspecified atom stereocenters. The Morgan fingerprint density at radius 2 is 2.00 bits per heavy atom. The number of hydrogen-bond acceptors (Lipinski definition) is 4. The first-order valence-electron chi connectivity index (χ1n) is 5.29. The number of nitrogens with zero attached hydrogens (tertiary/aromatic N) is 1. The molecule has 1 aromatic rings. The molecule has 2 N–H and O–H groups in total. The standard InChI is InChI=1S/C11H9F3N2O3S/c12-11(13,14)7-2-1-3-8(4-7)19-6-9-5-10(15)16-20(9,17)18/h1-5H,6H2,(H2,15,16). The summed E-state index contributed by atoms with van der Waals surface area (Å²) in [5.41, 5.74) is 4.36. The Kier molecular flexibility index (Phi) is 3.46. The van der Waals surface area contributed by atoms with E-state index in [0.29, 0.717) is 0 Å². The molecule has 1 aliphatic heterocycles. The molecule has 0 aliphatic carbocycles. The van der Waals surface area contributed by atoms with Crippen LogP contribution in [-0.2, 0) is 16.2 Å². The van der Waals surface area contributed by atoms with Gasteiger partial charge < -0.3 is 10.5 Å². The first-order chi connectivity index (χ1) is 9.18. The van der Waals surface area contributed by atoms with Gasteiger partial charge in [0, 0.05) is 6.08 Å². The number of rotatable bonds is 3. The molecule has 1 aromatic carbocycles. The molecule has 9 heteroatoms. The van der Waals surface area contributed by atoms with E-state index in [1.54, 1.807) is 0 Å². The van der Waals surface area contributed by atoms with Gasteiger partial charge in [0.05, 0.1) is 5.56 Å². The van der Waals surface area contributed by atoms with E-state index in [1.807, 2.05) is 0 Å². The summed E-state index contributed by atoms with van der Waals surface area (Å²) in [7, 11) is -3.87. The van der Waals surface area contributed by atoms with Gasteiger partial charge in [-0.1, -0.05) is 6.07 Å². The molecule has 1 aliphatic rings. The third-order valence-corrected chi connectivity index (χ3v) is 3.76. The monoisotopic (exact) mass is 306 g/mol. The van der Waals surface area contributed by atoms with Gasteiger partial charge in [-0.05, 0) is 18.2 Å². The lowest BCUT2D eigenvalue weighted by Crippen LogP contribution is -2.09. The molecule has 0 saturated heterocycles. The Morgan fingerprint density at radius 1 is 1.30 bits per heavy atom. The Hall–Kier alpha value is -2.03. The average molecular weight is 306 g/mol. The zero-order valence-corrected chi connectivity index (χ0v) is 10.7. The van der Waals surface area contributed by atoms with Gasteiger partial charge in [0.15, 0.2) is 0 Å². The molecular weight excluding hydrogens is 297 g/mol. The zero-order chi connectivity index (χ0) is 15.0. The summed E-state index contributed by atoms with van der Waals surface area (Å²) < 4.78 is 68.5. The molecule has 108 valence electrons. The summed E-state index contributed by atoms with van der Waals surface area (Å²) in [6.45, 7) is -0.437. The third-order valence-electron chi connectivity index (χ3n) is 2.41. The van der Waals surface area contributed by atoms with Gasteiger partial charge >= 0.3 is 6.18 Å². The molecule has 0 aromatic heterocycles. The van der Waals surface area contributed by atoms with Crippen molar-refractivity contribution in [3.8, 4) is 5.75 Å². The van der Waals surface area contributed by atoms with E-state index < -0.39 is 28.4 Å². The van der Waals surface area contributed by atoms with Crippen molar-refractivity contribution in [2.24, 2.45) is 10.1 Å². The largest absolute Gasteiger partial charge is 0.488 e. The molecule has 20 heavy (non-hydrogen) atoms. The number of benzene rings is 1. The van der Waals surface area contributed by atoms with Crippen molar-refractivity contribution in [1.29, 1.82) is 0 Å². The van der Waals surface area contributed by atoms with Gasteiger partial charge in [-0.3, -0.25) is 0 Å². The van der Waals surface area contributed by atoms with Crippen molar-refractivity contribution in [3.05, 3.63) is 40.8 Å². The molecular formula is C11H9F3N2O3S. The molecule has 5 nitrogen and oxygen atoms in total. The van der Waals surface area contributed by atoms with Crippen molar-refractivity contribution in [2.45, 2.75) is 6.18 Å². The van der Waals surface area contributed by atoms with Crippen molar-refractivity contribution in [2.75, 3.05) is 6.61 Å². The van der Waals surface area contributed by atoms with Crippen LogP contribution in [0.15, 0.2) is 39.6 Å². The van der Waals surface area contributed by atoms with Crippen LogP contribution in [-0.4, -0.2) is 20.9 Å². The first kappa shape index (κ1) is 14.4. The lowest BCUT2D eigenvalue weighted by molar-refractivity contribution is -0.137. The van der Waals surface area contributed by atoms with Gasteiger partial charge in [-0.2, -0.15) is 21.6 Å². The van der Waals surface area contributed by atoms with Gasteiger partial charge in [-0.15, -0.1) is 4.40 Å². The fraction of sp³-hybridized carbons (Fsp3) is 0.182. The summed E-state index contributed by atoms with van der Waals surface area (Å²) in [5.74, 6) is -0.283. The SMILES string of the molecule is NC1=NS(=O)(=O)C(COc2cccc(C(F)(F)F)c2)=C1. The van der Waals surface area contributed by atoms with Crippen LogP contribution in [0.2, 0.25) is 0 Å². The third kappa shape index (κ3) is 3.10.